The Morgan fingerprint density at radius 3 is 2.80 bits per heavy atom. The summed E-state index contributed by atoms with van der Waals surface area (Å²) < 4.78 is 14.4. The SMILES string of the molecule is COC=C(c1cn(COCC[Si](C)(C)C)c2ncc(Br)cc12)C1CC1. The van der Waals surface area contributed by atoms with E-state index in [0.717, 1.165) is 22.1 Å². The summed E-state index contributed by atoms with van der Waals surface area (Å²) in [5.41, 5.74) is 3.45. The summed E-state index contributed by atoms with van der Waals surface area (Å²) in [6, 6.07) is 3.32. The van der Waals surface area contributed by atoms with Gasteiger partial charge in [0.2, 0.25) is 0 Å². The number of nitrogens with zero attached hydrogens (tertiary/aromatic N) is 2. The maximum atomic E-state index is 5.96. The fourth-order valence-electron chi connectivity index (χ4n) is 2.92. The summed E-state index contributed by atoms with van der Waals surface area (Å²) >= 11 is 3.55. The molecule has 0 saturated heterocycles. The minimum atomic E-state index is -1.07. The van der Waals surface area contributed by atoms with Crippen LogP contribution in [0.1, 0.15) is 18.4 Å². The molecule has 0 N–H and O–H groups in total. The summed E-state index contributed by atoms with van der Waals surface area (Å²) in [7, 11) is 0.649. The highest BCUT2D eigenvalue weighted by molar-refractivity contribution is 9.10. The molecule has 1 aliphatic rings. The van der Waals surface area contributed by atoms with Crippen molar-refractivity contribution in [1.82, 2.24) is 9.55 Å². The molecule has 4 nitrogen and oxygen atoms in total. The molecule has 2 aromatic heterocycles. The van der Waals surface area contributed by atoms with E-state index < -0.39 is 8.07 Å². The molecule has 136 valence electrons. The largest absolute Gasteiger partial charge is 0.504 e. The number of fused-ring (bicyclic) bond motifs is 1. The molecule has 1 saturated carbocycles. The minimum Gasteiger partial charge on any atom is -0.504 e. The third kappa shape index (κ3) is 4.74. The highest BCUT2D eigenvalue weighted by Crippen LogP contribution is 2.44. The van der Waals surface area contributed by atoms with E-state index in [2.05, 4.69) is 57.4 Å². The van der Waals surface area contributed by atoms with Crippen molar-refractivity contribution in [3.05, 3.63) is 34.8 Å². The van der Waals surface area contributed by atoms with Crippen molar-refractivity contribution in [2.75, 3.05) is 13.7 Å². The predicted octanol–water partition coefficient (Wildman–Crippen LogP) is 5.51. The quantitative estimate of drug-likeness (QED) is 0.319. The molecule has 0 spiro atoms. The Morgan fingerprint density at radius 2 is 2.16 bits per heavy atom. The van der Waals surface area contributed by atoms with E-state index in [1.807, 2.05) is 12.5 Å². The van der Waals surface area contributed by atoms with E-state index in [1.165, 1.54) is 30.0 Å². The molecule has 1 fully saturated rings. The van der Waals surface area contributed by atoms with E-state index in [1.54, 1.807) is 7.11 Å². The third-order valence-corrected chi connectivity index (χ3v) is 6.62. The van der Waals surface area contributed by atoms with E-state index >= 15 is 0 Å². The average molecular weight is 423 g/mol. The molecule has 0 aromatic carbocycles. The standard InChI is InChI=1S/C19H27BrN2O2Si/c1-23-12-18(14-5-6-14)17-11-22(13-24-7-8-25(2,3)4)19-16(17)9-15(20)10-21-19/h9-12,14H,5-8,13H2,1-4H3. The molecule has 0 radical (unpaired) electrons. The third-order valence-electron chi connectivity index (χ3n) is 4.48. The van der Waals surface area contributed by atoms with Gasteiger partial charge in [-0.1, -0.05) is 19.6 Å². The van der Waals surface area contributed by atoms with E-state index in [-0.39, 0.29) is 0 Å². The maximum absolute atomic E-state index is 5.96. The van der Waals surface area contributed by atoms with Crippen LogP contribution in [0, 0.1) is 5.92 Å². The van der Waals surface area contributed by atoms with E-state index in [4.69, 9.17) is 9.47 Å². The van der Waals surface area contributed by atoms with E-state index in [9.17, 15) is 0 Å². The second-order valence-corrected chi connectivity index (χ2v) is 14.5. The molecule has 25 heavy (non-hydrogen) atoms. The molecule has 0 aliphatic heterocycles. The van der Waals surface area contributed by atoms with Gasteiger partial charge in [0.25, 0.3) is 0 Å². The van der Waals surface area contributed by atoms with Gasteiger partial charge in [-0.25, -0.2) is 4.98 Å². The number of rotatable bonds is 8. The number of halogens is 1. The lowest BCUT2D eigenvalue weighted by atomic mass is 10.0. The average Bonchev–Trinajstić information content (AvgIpc) is 3.31. The van der Waals surface area contributed by atoms with Crippen LogP contribution in [0.15, 0.2) is 29.2 Å². The van der Waals surface area contributed by atoms with Crippen LogP contribution in [0.2, 0.25) is 25.7 Å². The second-order valence-electron chi connectivity index (χ2n) is 7.97. The van der Waals surface area contributed by atoms with Gasteiger partial charge in [-0.3, -0.25) is 0 Å². The summed E-state index contributed by atoms with van der Waals surface area (Å²) in [4.78, 5) is 4.63. The zero-order valence-electron chi connectivity index (χ0n) is 15.5. The van der Waals surface area contributed by atoms with Crippen LogP contribution in [-0.2, 0) is 16.2 Å². The fraction of sp³-hybridized carbons (Fsp3) is 0.526. The Balaban J connectivity index is 1.87. The molecule has 6 heteroatoms. The van der Waals surface area contributed by atoms with Crippen LogP contribution in [-0.4, -0.2) is 31.3 Å². The van der Waals surface area contributed by atoms with Crippen LogP contribution in [0.4, 0.5) is 0 Å². The lowest BCUT2D eigenvalue weighted by Crippen LogP contribution is -2.22. The second kappa shape index (κ2) is 7.64. The summed E-state index contributed by atoms with van der Waals surface area (Å²) in [6.07, 6.45) is 8.37. The predicted molar refractivity (Wildman–Crippen MR) is 109 cm³/mol. The zero-order valence-corrected chi connectivity index (χ0v) is 18.1. The van der Waals surface area contributed by atoms with Crippen LogP contribution < -0.4 is 0 Å². The van der Waals surface area contributed by atoms with Crippen LogP contribution >= 0.6 is 15.9 Å². The van der Waals surface area contributed by atoms with Gasteiger partial charge >= 0.3 is 0 Å². The Morgan fingerprint density at radius 1 is 1.40 bits per heavy atom. The molecule has 0 bridgehead atoms. The Bertz CT molecular complexity index is 776. The van der Waals surface area contributed by atoms with Crippen molar-refractivity contribution in [3.8, 4) is 0 Å². The Labute approximate surface area is 159 Å². The zero-order chi connectivity index (χ0) is 18.0. The van der Waals surface area contributed by atoms with Gasteiger partial charge in [-0.2, -0.15) is 0 Å². The van der Waals surface area contributed by atoms with Crippen molar-refractivity contribution >= 4 is 40.6 Å². The fourth-order valence-corrected chi connectivity index (χ4v) is 4.00. The first-order valence-corrected chi connectivity index (χ1v) is 13.3. The van der Waals surface area contributed by atoms with Gasteiger partial charge < -0.3 is 14.0 Å². The van der Waals surface area contributed by atoms with Crippen LogP contribution in [0.5, 0.6) is 0 Å². The van der Waals surface area contributed by atoms with Gasteiger partial charge in [0.1, 0.15) is 12.4 Å². The lowest BCUT2D eigenvalue weighted by Gasteiger charge is -2.15. The topological polar surface area (TPSA) is 36.3 Å². The maximum Gasteiger partial charge on any atom is 0.142 e. The molecular formula is C19H27BrN2O2Si. The number of ether oxygens (including phenoxy) is 2. The van der Waals surface area contributed by atoms with Crippen molar-refractivity contribution < 1.29 is 9.47 Å². The number of hydrogen-bond acceptors (Lipinski definition) is 3. The van der Waals surface area contributed by atoms with Crippen LogP contribution in [0.3, 0.4) is 0 Å². The van der Waals surface area contributed by atoms with Gasteiger partial charge in [-0.15, -0.1) is 0 Å². The van der Waals surface area contributed by atoms with Gasteiger partial charge in [0.05, 0.1) is 13.4 Å². The van der Waals surface area contributed by atoms with Gasteiger partial charge in [-0.05, 0) is 52.4 Å². The van der Waals surface area contributed by atoms with Crippen molar-refractivity contribution in [2.24, 2.45) is 5.92 Å². The normalized spacial score (nSPS) is 15.8. The first-order chi connectivity index (χ1) is 11.9. The Hall–Kier alpha value is -1.11. The van der Waals surface area contributed by atoms with Gasteiger partial charge in [0.15, 0.2) is 0 Å². The van der Waals surface area contributed by atoms with Crippen molar-refractivity contribution in [3.63, 3.8) is 0 Å². The monoisotopic (exact) mass is 422 g/mol. The van der Waals surface area contributed by atoms with Crippen molar-refractivity contribution in [2.45, 2.75) is 45.3 Å². The first-order valence-electron chi connectivity index (χ1n) is 8.84. The smallest absolute Gasteiger partial charge is 0.142 e. The summed E-state index contributed by atoms with van der Waals surface area (Å²) in [5.74, 6) is 0.603. The molecule has 2 aromatic rings. The van der Waals surface area contributed by atoms with E-state index in [0.29, 0.717) is 12.6 Å². The number of pyridine rings is 1. The summed E-state index contributed by atoms with van der Waals surface area (Å²) in [6.45, 7) is 8.47. The van der Waals surface area contributed by atoms with Crippen LogP contribution in [0.25, 0.3) is 16.6 Å². The molecule has 0 unspecified atom stereocenters. The molecular weight excluding hydrogens is 396 g/mol. The molecule has 0 amide bonds. The number of methoxy groups -OCH3 is 1. The highest BCUT2D eigenvalue weighted by atomic mass is 79.9. The minimum absolute atomic E-state index is 0.542. The van der Waals surface area contributed by atoms with Gasteiger partial charge in [0, 0.05) is 42.5 Å². The highest BCUT2D eigenvalue weighted by Gasteiger charge is 2.29. The lowest BCUT2D eigenvalue weighted by molar-refractivity contribution is 0.0898. The summed E-state index contributed by atoms with van der Waals surface area (Å²) in [5, 5.41) is 1.15. The van der Waals surface area contributed by atoms with Crippen molar-refractivity contribution in [1.29, 1.82) is 0 Å². The molecule has 3 rings (SSSR count). The molecule has 2 heterocycles. The molecule has 1 aliphatic carbocycles. The first kappa shape index (κ1) is 18.7. The number of hydrogen-bond donors (Lipinski definition) is 0. The number of aromatic nitrogens is 2. The molecule has 0 atom stereocenters. The number of allylic oxidation sites excluding steroid dienone is 1. The Kier molecular flexibility index (Phi) is 5.70.